The van der Waals surface area contributed by atoms with Crippen LogP contribution < -0.4 is 10.6 Å². The van der Waals surface area contributed by atoms with E-state index in [-0.39, 0.29) is 18.3 Å². The van der Waals surface area contributed by atoms with E-state index in [1.54, 1.807) is 6.20 Å². The van der Waals surface area contributed by atoms with Crippen LogP contribution in [0.4, 0.5) is 5.69 Å². The molecule has 0 bridgehead atoms. The fourth-order valence-corrected chi connectivity index (χ4v) is 3.11. The van der Waals surface area contributed by atoms with Crippen molar-refractivity contribution >= 4 is 24.0 Å². The van der Waals surface area contributed by atoms with E-state index in [1.807, 2.05) is 24.3 Å². The Kier molecular flexibility index (Phi) is 7.66. The number of carbonyl (C=O) groups is 1. The molecule has 1 amide bonds. The van der Waals surface area contributed by atoms with Crippen molar-refractivity contribution in [2.75, 3.05) is 18.4 Å². The van der Waals surface area contributed by atoms with E-state index < -0.39 is 0 Å². The molecular formula is C20H28ClN3O2. The molecule has 6 heteroatoms. The maximum atomic E-state index is 12.1. The van der Waals surface area contributed by atoms with Crippen LogP contribution in [-0.2, 0) is 4.79 Å². The number of nitrogens with one attached hydrogen (secondary N) is 2. The maximum Gasteiger partial charge on any atom is 0.226 e. The van der Waals surface area contributed by atoms with Crippen LogP contribution >= 0.6 is 12.4 Å². The quantitative estimate of drug-likeness (QED) is 0.771. The zero-order chi connectivity index (χ0) is 17.6. The normalized spacial score (nSPS) is 14.9. The second-order valence-electron chi connectivity index (χ2n) is 7.08. The molecule has 3 rings (SSSR count). The number of anilines is 1. The van der Waals surface area contributed by atoms with E-state index in [2.05, 4.69) is 29.5 Å². The third-order valence-corrected chi connectivity index (χ3v) is 4.75. The fraction of sp³-hybridized carbons (Fsp3) is 0.500. The summed E-state index contributed by atoms with van der Waals surface area (Å²) < 4.78 is 5.75. The van der Waals surface area contributed by atoms with Crippen LogP contribution in [0.5, 0.6) is 0 Å². The van der Waals surface area contributed by atoms with Gasteiger partial charge < -0.3 is 15.1 Å². The first-order valence-electron chi connectivity index (χ1n) is 9.18. The minimum absolute atomic E-state index is 0. The van der Waals surface area contributed by atoms with Gasteiger partial charge in [-0.05, 0) is 62.5 Å². The Morgan fingerprint density at radius 3 is 2.58 bits per heavy atom. The molecule has 0 radical (unpaired) electrons. The minimum atomic E-state index is 0. The van der Waals surface area contributed by atoms with E-state index in [0.29, 0.717) is 24.1 Å². The van der Waals surface area contributed by atoms with Crippen LogP contribution in [0.3, 0.4) is 0 Å². The van der Waals surface area contributed by atoms with Crippen molar-refractivity contribution in [1.82, 2.24) is 10.3 Å². The summed E-state index contributed by atoms with van der Waals surface area (Å²) in [7, 11) is 0. The van der Waals surface area contributed by atoms with Gasteiger partial charge in [-0.1, -0.05) is 13.8 Å². The van der Waals surface area contributed by atoms with Crippen LogP contribution in [-0.4, -0.2) is 24.0 Å². The number of amides is 1. The first kappa shape index (κ1) is 20.5. The van der Waals surface area contributed by atoms with Gasteiger partial charge in [-0.15, -0.1) is 12.4 Å². The predicted octanol–water partition coefficient (Wildman–Crippen LogP) is 4.61. The largest absolute Gasteiger partial charge is 0.441 e. The Balaban J connectivity index is 0.00000243. The van der Waals surface area contributed by atoms with Crippen molar-refractivity contribution in [3.63, 3.8) is 0 Å². The van der Waals surface area contributed by atoms with Crippen LogP contribution in [0.15, 0.2) is 34.9 Å². The van der Waals surface area contributed by atoms with Gasteiger partial charge in [0, 0.05) is 23.6 Å². The maximum absolute atomic E-state index is 12.1. The van der Waals surface area contributed by atoms with Crippen molar-refractivity contribution in [2.45, 2.75) is 45.4 Å². The highest BCUT2D eigenvalue weighted by molar-refractivity contribution is 5.90. The predicted molar refractivity (Wildman–Crippen MR) is 107 cm³/mol. The summed E-state index contributed by atoms with van der Waals surface area (Å²) in [4.78, 5) is 16.5. The van der Waals surface area contributed by atoms with Crippen molar-refractivity contribution in [2.24, 2.45) is 5.92 Å². The fourth-order valence-electron chi connectivity index (χ4n) is 3.11. The van der Waals surface area contributed by atoms with Crippen molar-refractivity contribution < 1.29 is 9.21 Å². The van der Waals surface area contributed by atoms with E-state index in [9.17, 15) is 4.79 Å². The lowest BCUT2D eigenvalue weighted by Gasteiger charge is -2.22. The van der Waals surface area contributed by atoms with Gasteiger partial charge in [-0.2, -0.15) is 0 Å². The number of hydrogen-bond acceptors (Lipinski definition) is 4. The van der Waals surface area contributed by atoms with Crippen molar-refractivity contribution in [3.8, 4) is 11.5 Å². The lowest BCUT2D eigenvalue weighted by molar-refractivity contribution is -0.116. The minimum Gasteiger partial charge on any atom is -0.441 e. The second kappa shape index (κ2) is 9.74. The second-order valence-corrected chi connectivity index (χ2v) is 7.08. The average molecular weight is 378 g/mol. The number of rotatable bonds is 6. The van der Waals surface area contributed by atoms with Gasteiger partial charge in [0.1, 0.15) is 5.76 Å². The highest BCUT2D eigenvalue weighted by Gasteiger charge is 2.15. The highest BCUT2D eigenvalue weighted by atomic mass is 35.5. The monoisotopic (exact) mass is 377 g/mol. The molecule has 2 heterocycles. The molecule has 26 heavy (non-hydrogen) atoms. The smallest absolute Gasteiger partial charge is 0.226 e. The Labute approximate surface area is 161 Å². The first-order chi connectivity index (χ1) is 12.1. The molecule has 142 valence electrons. The summed E-state index contributed by atoms with van der Waals surface area (Å²) >= 11 is 0. The molecule has 0 unspecified atom stereocenters. The standard InChI is InChI=1S/C20H27N3O2.ClH/c1-14(2)18-13-22-20(25-18)16-4-6-17(7-5-16)23-19(24)8-3-15-9-11-21-12-10-15;/h4-7,13-15,21H,3,8-12H2,1-2H3,(H,23,24);1H. The summed E-state index contributed by atoms with van der Waals surface area (Å²) in [5.74, 6) is 2.58. The van der Waals surface area contributed by atoms with Crippen LogP contribution in [0.1, 0.15) is 51.2 Å². The van der Waals surface area contributed by atoms with E-state index >= 15 is 0 Å². The lowest BCUT2D eigenvalue weighted by Crippen LogP contribution is -2.28. The van der Waals surface area contributed by atoms with Crippen LogP contribution in [0.25, 0.3) is 11.5 Å². The molecule has 1 aliphatic heterocycles. The summed E-state index contributed by atoms with van der Waals surface area (Å²) in [6, 6.07) is 7.66. The van der Waals surface area contributed by atoms with Gasteiger partial charge in [0.25, 0.3) is 0 Å². The van der Waals surface area contributed by atoms with Crippen LogP contribution in [0.2, 0.25) is 0 Å². The van der Waals surface area contributed by atoms with Crippen molar-refractivity contribution in [3.05, 3.63) is 36.2 Å². The molecule has 0 atom stereocenters. The molecule has 5 nitrogen and oxygen atoms in total. The molecule has 2 N–H and O–H groups in total. The molecule has 1 aromatic heterocycles. The molecule has 1 aliphatic rings. The third kappa shape index (κ3) is 5.58. The van der Waals surface area contributed by atoms with Gasteiger partial charge in [0.2, 0.25) is 11.8 Å². The van der Waals surface area contributed by atoms with Gasteiger partial charge in [-0.25, -0.2) is 4.98 Å². The Morgan fingerprint density at radius 1 is 1.27 bits per heavy atom. The number of hydrogen-bond donors (Lipinski definition) is 2. The van der Waals surface area contributed by atoms with E-state index in [1.165, 1.54) is 12.8 Å². The molecule has 1 fully saturated rings. The zero-order valence-electron chi connectivity index (χ0n) is 15.5. The average Bonchev–Trinajstić information content (AvgIpc) is 3.12. The third-order valence-electron chi connectivity index (χ3n) is 4.75. The molecule has 0 aliphatic carbocycles. The highest BCUT2D eigenvalue weighted by Crippen LogP contribution is 2.24. The summed E-state index contributed by atoms with van der Waals surface area (Å²) in [5.41, 5.74) is 1.73. The SMILES string of the molecule is CC(C)c1cnc(-c2ccc(NC(=O)CCC3CCNCC3)cc2)o1.Cl. The van der Waals surface area contributed by atoms with Crippen LogP contribution in [0, 0.1) is 5.92 Å². The molecule has 0 saturated carbocycles. The topological polar surface area (TPSA) is 67.2 Å². The number of benzene rings is 1. The van der Waals surface area contributed by atoms with E-state index in [0.717, 1.165) is 36.5 Å². The Morgan fingerprint density at radius 2 is 1.96 bits per heavy atom. The molecule has 1 aromatic carbocycles. The molecule has 0 spiro atoms. The summed E-state index contributed by atoms with van der Waals surface area (Å²) in [6.45, 7) is 6.31. The Hall–Kier alpha value is -1.85. The lowest BCUT2D eigenvalue weighted by atomic mass is 9.93. The number of halogens is 1. The molecular weight excluding hydrogens is 350 g/mol. The van der Waals surface area contributed by atoms with Gasteiger partial charge in [-0.3, -0.25) is 4.79 Å². The Bertz CT molecular complexity index is 691. The number of nitrogens with zero attached hydrogens (tertiary/aromatic N) is 1. The van der Waals surface area contributed by atoms with Gasteiger partial charge in [0.05, 0.1) is 6.20 Å². The number of oxazole rings is 1. The van der Waals surface area contributed by atoms with E-state index in [4.69, 9.17) is 4.42 Å². The number of carbonyl (C=O) groups excluding carboxylic acids is 1. The summed E-state index contributed by atoms with van der Waals surface area (Å²) in [5, 5.41) is 6.33. The number of piperidine rings is 1. The van der Waals surface area contributed by atoms with Crippen molar-refractivity contribution in [1.29, 1.82) is 0 Å². The van der Waals surface area contributed by atoms with Gasteiger partial charge >= 0.3 is 0 Å². The first-order valence-corrected chi connectivity index (χ1v) is 9.18. The number of aromatic nitrogens is 1. The van der Waals surface area contributed by atoms with Gasteiger partial charge in [0.15, 0.2) is 0 Å². The molecule has 2 aromatic rings. The summed E-state index contributed by atoms with van der Waals surface area (Å²) in [6.07, 6.45) is 5.69. The molecule has 1 saturated heterocycles. The zero-order valence-corrected chi connectivity index (χ0v) is 16.3.